The Hall–Kier alpha value is -3.23. The summed E-state index contributed by atoms with van der Waals surface area (Å²) in [5.41, 5.74) is 0.859. The van der Waals surface area contributed by atoms with E-state index in [1.807, 2.05) is 0 Å². The highest BCUT2D eigenvalue weighted by atomic mass is 16.7. The van der Waals surface area contributed by atoms with E-state index in [9.17, 15) is 19.3 Å². The molecule has 0 bridgehead atoms. The molecule has 9 heteroatoms. The highest BCUT2D eigenvalue weighted by Gasteiger charge is 2.25. The lowest BCUT2D eigenvalue weighted by atomic mass is 10.1. The van der Waals surface area contributed by atoms with E-state index in [1.165, 1.54) is 38.3 Å². The maximum atomic E-state index is 12.3. The van der Waals surface area contributed by atoms with Gasteiger partial charge in [0.15, 0.2) is 6.04 Å². The third kappa shape index (κ3) is 6.42. The number of carbonyl (C=O) groups is 3. The first-order valence-corrected chi connectivity index (χ1v) is 7.25. The number of hydrogen-bond donors (Lipinski definition) is 1. The fraction of sp³-hybridized carbons (Fsp3) is 0.312. The lowest BCUT2D eigenvalue weighted by molar-refractivity contribution is -0.142. The predicted molar refractivity (Wildman–Crippen MR) is 86.7 cm³/mol. The van der Waals surface area contributed by atoms with Crippen molar-refractivity contribution >= 4 is 23.8 Å². The lowest BCUT2D eigenvalue weighted by Crippen LogP contribution is -2.31. The van der Waals surface area contributed by atoms with Crippen molar-refractivity contribution in [2.24, 2.45) is 5.18 Å². The molecule has 9 nitrogen and oxygen atoms in total. The van der Waals surface area contributed by atoms with Crippen LogP contribution in [-0.2, 0) is 23.8 Å². The number of nitrogens with one attached hydrogen (secondary N) is 1. The van der Waals surface area contributed by atoms with Gasteiger partial charge in [0.2, 0.25) is 0 Å². The summed E-state index contributed by atoms with van der Waals surface area (Å²) in [6.07, 6.45) is -0.00787. The van der Waals surface area contributed by atoms with Crippen molar-refractivity contribution in [2.45, 2.75) is 19.9 Å². The van der Waals surface area contributed by atoms with Gasteiger partial charge in [-0.3, -0.25) is 0 Å². The zero-order valence-corrected chi connectivity index (χ0v) is 14.0. The van der Waals surface area contributed by atoms with Gasteiger partial charge in [0.25, 0.3) is 0 Å². The van der Waals surface area contributed by atoms with Crippen LogP contribution in [0.25, 0.3) is 0 Å². The van der Waals surface area contributed by atoms with Gasteiger partial charge in [0.05, 0.1) is 13.7 Å². The van der Waals surface area contributed by atoms with Crippen LogP contribution in [0.1, 0.15) is 25.5 Å². The maximum absolute atomic E-state index is 12.3. The summed E-state index contributed by atoms with van der Waals surface area (Å²) in [7, 11) is 1.21. The van der Waals surface area contributed by atoms with Crippen LogP contribution in [0, 0.1) is 4.91 Å². The van der Waals surface area contributed by atoms with Crippen molar-refractivity contribution in [3.63, 3.8) is 0 Å². The summed E-state index contributed by atoms with van der Waals surface area (Å²) in [4.78, 5) is 45.4. The van der Waals surface area contributed by atoms with Gasteiger partial charge in [0, 0.05) is 11.8 Å². The molecular formula is C16H18N2O7. The number of allylic oxidation sites excluding steroid dienone is 1. The van der Waals surface area contributed by atoms with Gasteiger partial charge in [-0.2, -0.15) is 0 Å². The van der Waals surface area contributed by atoms with Gasteiger partial charge in [-0.25, -0.2) is 14.4 Å². The molecule has 0 saturated heterocycles. The van der Waals surface area contributed by atoms with E-state index in [0.29, 0.717) is 11.3 Å². The number of rotatable bonds is 7. The average molecular weight is 350 g/mol. The quantitative estimate of drug-likeness (QED) is 0.345. The van der Waals surface area contributed by atoms with Gasteiger partial charge in [-0.15, -0.1) is 4.91 Å². The van der Waals surface area contributed by atoms with Crippen LogP contribution in [0.15, 0.2) is 41.2 Å². The summed E-state index contributed by atoms with van der Waals surface area (Å²) in [5.74, 6) is -1.56. The van der Waals surface area contributed by atoms with Gasteiger partial charge >= 0.3 is 18.1 Å². The molecule has 25 heavy (non-hydrogen) atoms. The molecule has 0 aromatic heterocycles. The van der Waals surface area contributed by atoms with Crippen LogP contribution in [0.5, 0.6) is 0 Å². The number of ether oxygens (including phenoxy) is 3. The van der Waals surface area contributed by atoms with E-state index >= 15 is 0 Å². The molecule has 1 aromatic carbocycles. The van der Waals surface area contributed by atoms with E-state index in [4.69, 9.17) is 0 Å². The molecule has 1 rings (SSSR count). The van der Waals surface area contributed by atoms with Crippen LogP contribution in [-0.4, -0.2) is 31.8 Å². The monoisotopic (exact) mass is 350 g/mol. The molecule has 0 heterocycles. The molecule has 0 aliphatic rings. The van der Waals surface area contributed by atoms with E-state index in [2.05, 4.69) is 24.7 Å². The van der Waals surface area contributed by atoms with Crippen molar-refractivity contribution in [1.82, 2.24) is 5.32 Å². The summed E-state index contributed by atoms with van der Waals surface area (Å²) >= 11 is 0. The smallest absolute Gasteiger partial charge is 0.466 e. The number of nitroso groups, excluding NO2 is 1. The first-order chi connectivity index (χ1) is 11.9. The van der Waals surface area contributed by atoms with Crippen LogP contribution >= 0.6 is 0 Å². The second-order valence-electron chi connectivity index (χ2n) is 4.71. The summed E-state index contributed by atoms with van der Waals surface area (Å²) < 4.78 is 13.7. The zero-order valence-electron chi connectivity index (χ0n) is 14.0. The number of methoxy groups -OCH3 is 1. The number of esters is 2. The molecule has 1 atom stereocenters. The fourth-order valence-corrected chi connectivity index (χ4v) is 1.80. The molecule has 1 unspecified atom stereocenters. The van der Waals surface area contributed by atoms with Crippen molar-refractivity contribution in [2.75, 3.05) is 13.7 Å². The van der Waals surface area contributed by atoms with E-state index in [0.717, 1.165) is 6.08 Å². The highest BCUT2D eigenvalue weighted by molar-refractivity contribution is 5.87. The van der Waals surface area contributed by atoms with Crippen molar-refractivity contribution < 1.29 is 28.6 Å². The molecule has 0 aliphatic heterocycles. The molecule has 0 radical (unpaired) electrons. The summed E-state index contributed by atoms with van der Waals surface area (Å²) in [6.45, 7) is 3.14. The standard InChI is InChI=1S/C16H18N2O7/c1-4-24-16(21)25-15(20)14(17-10(2)9-13(19)23-3)11-5-7-12(18-22)8-6-11/h5-9,14,17H,4H2,1-3H3/b10-9+. The number of benzene rings is 1. The first-order valence-electron chi connectivity index (χ1n) is 7.25. The molecule has 0 spiro atoms. The van der Waals surface area contributed by atoms with Crippen LogP contribution in [0.2, 0.25) is 0 Å². The lowest BCUT2D eigenvalue weighted by Gasteiger charge is -2.18. The molecule has 0 saturated carbocycles. The van der Waals surface area contributed by atoms with E-state index in [-0.39, 0.29) is 12.3 Å². The normalized spacial score (nSPS) is 11.9. The largest absolute Gasteiger partial charge is 0.516 e. The maximum Gasteiger partial charge on any atom is 0.516 e. The average Bonchev–Trinajstić information content (AvgIpc) is 2.59. The molecule has 0 fully saturated rings. The highest BCUT2D eigenvalue weighted by Crippen LogP contribution is 2.20. The zero-order chi connectivity index (χ0) is 18.8. The Balaban J connectivity index is 3.05. The number of nitrogens with zero attached hydrogens (tertiary/aromatic N) is 1. The summed E-state index contributed by atoms with van der Waals surface area (Å²) in [6, 6.07) is 4.60. The van der Waals surface area contributed by atoms with Crippen LogP contribution < -0.4 is 5.32 Å². The van der Waals surface area contributed by atoms with Crippen LogP contribution in [0.3, 0.4) is 0 Å². The Morgan fingerprint density at radius 2 is 1.88 bits per heavy atom. The molecule has 0 amide bonds. The molecule has 1 aromatic rings. The molecule has 1 N–H and O–H groups in total. The number of carbonyl (C=O) groups excluding carboxylic acids is 3. The van der Waals surface area contributed by atoms with Gasteiger partial charge in [-0.05, 0) is 36.7 Å². The van der Waals surface area contributed by atoms with Crippen LogP contribution in [0.4, 0.5) is 10.5 Å². The molecule has 134 valence electrons. The van der Waals surface area contributed by atoms with Gasteiger partial charge in [-0.1, -0.05) is 12.1 Å². The third-order valence-corrected chi connectivity index (χ3v) is 2.92. The van der Waals surface area contributed by atoms with E-state index in [1.54, 1.807) is 6.92 Å². The minimum atomic E-state index is -1.14. The second-order valence-corrected chi connectivity index (χ2v) is 4.71. The second kappa shape index (κ2) is 9.81. The molecule has 0 aliphatic carbocycles. The van der Waals surface area contributed by atoms with Crippen molar-refractivity contribution in [1.29, 1.82) is 0 Å². The van der Waals surface area contributed by atoms with Gasteiger partial charge < -0.3 is 19.5 Å². The minimum absolute atomic E-state index is 0.0468. The Kier molecular flexibility index (Phi) is 7.77. The van der Waals surface area contributed by atoms with Crippen molar-refractivity contribution in [3.05, 3.63) is 46.5 Å². The van der Waals surface area contributed by atoms with E-state index < -0.39 is 24.1 Å². The fourth-order valence-electron chi connectivity index (χ4n) is 1.80. The number of hydrogen-bond acceptors (Lipinski definition) is 9. The Morgan fingerprint density at radius 1 is 1.24 bits per heavy atom. The van der Waals surface area contributed by atoms with Crippen molar-refractivity contribution in [3.8, 4) is 0 Å². The summed E-state index contributed by atoms with van der Waals surface area (Å²) in [5, 5.41) is 5.52. The third-order valence-electron chi connectivity index (χ3n) is 2.92. The SMILES string of the molecule is CCOC(=O)OC(=O)C(N/C(C)=C/C(=O)OC)c1ccc(N=O)cc1. The predicted octanol–water partition coefficient (Wildman–Crippen LogP) is 2.49. The van der Waals surface area contributed by atoms with Gasteiger partial charge in [0.1, 0.15) is 5.69 Å². The minimum Gasteiger partial charge on any atom is -0.466 e. The Morgan fingerprint density at radius 3 is 2.40 bits per heavy atom. The Labute approximate surface area is 143 Å². The molecular weight excluding hydrogens is 332 g/mol. The first kappa shape index (κ1) is 19.8. The topological polar surface area (TPSA) is 120 Å². The Bertz CT molecular complexity index is 668.